The van der Waals surface area contributed by atoms with E-state index in [-0.39, 0.29) is 0 Å². The Morgan fingerprint density at radius 1 is 1.35 bits per heavy atom. The number of nitrogens with zero attached hydrogens (tertiary/aromatic N) is 4. The summed E-state index contributed by atoms with van der Waals surface area (Å²) in [6.45, 7) is 3.03. The fraction of sp³-hybridized carbons (Fsp3) is 0.214. The van der Waals surface area contributed by atoms with Crippen molar-refractivity contribution >= 4 is 18.4 Å². The zero-order valence-corrected chi connectivity index (χ0v) is 11.2. The number of aromatic nitrogens is 2. The maximum absolute atomic E-state index is 8.77. The Morgan fingerprint density at radius 2 is 2.15 bits per heavy atom. The summed E-state index contributed by atoms with van der Waals surface area (Å²) in [4.78, 5) is 8.28. The van der Waals surface area contributed by atoms with Gasteiger partial charge in [-0.2, -0.15) is 4.99 Å². The predicted octanol–water partition coefficient (Wildman–Crippen LogP) is 2.44. The molecule has 2 aromatic rings. The molecule has 6 heteroatoms. The van der Waals surface area contributed by atoms with Crippen LogP contribution in [0, 0.1) is 0 Å². The summed E-state index contributed by atoms with van der Waals surface area (Å²) in [5, 5.41) is 11.8. The molecule has 0 atom stereocenters. The molecule has 0 radical (unpaired) electrons. The monoisotopic (exact) mass is 272 g/mol. The Labute approximate surface area is 117 Å². The summed E-state index contributed by atoms with van der Waals surface area (Å²) < 4.78 is 6.91. The van der Waals surface area contributed by atoms with E-state index in [1.165, 1.54) is 12.6 Å². The van der Waals surface area contributed by atoms with Crippen LogP contribution >= 0.6 is 0 Å². The first-order valence-electron chi connectivity index (χ1n) is 6.25. The number of rotatable bonds is 6. The van der Waals surface area contributed by atoms with Gasteiger partial charge < -0.3 is 14.5 Å². The lowest BCUT2D eigenvalue weighted by molar-refractivity contribution is 0.321. The number of oxime groups is 1. The lowest BCUT2D eigenvalue weighted by atomic mass is 10.2. The zero-order valence-electron chi connectivity index (χ0n) is 11.2. The van der Waals surface area contributed by atoms with Crippen LogP contribution in [0.2, 0.25) is 0 Å². The Bertz CT molecular complexity index is 590. The van der Waals surface area contributed by atoms with Gasteiger partial charge in [-0.1, -0.05) is 35.5 Å². The molecule has 0 fully saturated rings. The fourth-order valence-electron chi connectivity index (χ4n) is 1.74. The first-order chi connectivity index (χ1) is 9.85. The second-order valence-electron chi connectivity index (χ2n) is 4.00. The van der Waals surface area contributed by atoms with Crippen LogP contribution in [0.3, 0.4) is 0 Å². The van der Waals surface area contributed by atoms with E-state index < -0.39 is 0 Å². The molecular weight excluding hydrogens is 256 g/mol. The molecule has 1 aromatic heterocycles. The van der Waals surface area contributed by atoms with E-state index in [1.54, 1.807) is 6.33 Å². The molecule has 0 bridgehead atoms. The van der Waals surface area contributed by atoms with E-state index in [0.29, 0.717) is 24.7 Å². The highest BCUT2D eigenvalue weighted by atomic mass is 16.5. The van der Waals surface area contributed by atoms with Crippen molar-refractivity contribution in [3.63, 3.8) is 0 Å². The molecule has 1 heterocycles. The molecule has 0 saturated heterocycles. The second-order valence-corrected chi connectivity index (χ2v) is 4.00. The Balaban J connectivity index is 2.25. The molecule has 0 aliphatic carbocycles. The lowest BCUT2D eigenvalue weighted by Crippen LogP contribution is -2.02. The number of aliphatic imine (C=N–C) groups is 1. The van der Waals surface area contributed by atoms with Crippen molar-refractivity contribution in [2.24, 2.45) is 10.1 Å². The highest BCUT2D eigenvalue weighted by Gasteiger charge is 2.08. The zero-order chi connectivity index (χ0) is 14.2. The van der Waals surface area contributed by atoms with E-state index in [4.69, 9.17) is 9.94 Å². The van der Waals surface area contributed by atoms with E-state index in [1.807, 2.05) is 41.8 Å². The number of ether oxygens (including phenoxy) is 1. The minimum absolute atomic E-state index is 0.451. The maximum atomic E-state index is 8.77. The molecule has 104 valence electrons. The van der Waals surface area contributed by atoms with E-state index >= 15 is 0 Å². The van der Waals surface area contributed by atoms with Gasteiger partial charge in [-0.05, 0) is 12.5 Å². The van der Waals surface area contributed by atoms with Crippen molar-refractivity contribution in [3.05, 3.63) is 47.9 Å². The van der Waals surface area contributed by atoms with Gasteiger partial charge in [0.15, 0.2) is 12.2 Å². The molecule has 1 N–H and O–H groups in total. The fourth-order valence-corrected chi connectivity index (χ4v) is 1.74. The molecule has 0 amide bonds. The largest absolute Gasteiger partial charge is 0.483 e. The van der Waals surface area contributed by atoms with E-state index in [9.17, 15) is 0 Å². The number of imidazole rings is 1. The van der Waals surface area contributed by atoms with Gasteiger partial charge in [0.2, 0.25) is 0 Å². The van der Waals surface area contributed by atoms with Crippen LogP contribution in [-0.4, -0.2) is 34.0 Å². The van der Waals surface area contributed by atoms with Crippen molar-refractivity contribution in [2.75, 3.05) is 6.61 Å². The normalized spacial score (nSPS) is 11.4. The van der Waals surface area contributed by atoms with Crippen molar-refractivity contribution in [2.45, 2.75) is 13.5 Å². The van der Waals surface area contributed by atoms with Crippen LogP contribution < -0.4 is 0 Å². The van der Waals surface area contributed by atoms with Crippen LogP contribution in [0.5, 0.6) is 0 Å². The molecule has 20 heavy (non-hydrogen) atoms. The molecule has 0 saturated carbocycles. The van der Waals surface area contributed by atoms with Gasteiger partial charge in [-0.3, -0.25) is 0 Å². The van der Waals surface area contributed by atoms with Crippen LogP contribution in [0.4, 0.5) is 5.82 Å². The molecule has 6 nitrogen and oxygen atoms in total. The van der Waals surface area contributed by atoms with E-state index in [0.717, 1.165) is 5.56 Å². The topological polar surface area (TPSA) is 72.0 Å². The molecular formula is C14H16N4O2. The Hall–Kier alpha value is -2.63. The molecule has 0 aliphatic rings. The van der Waals surface area contributed by atoms with Crippen LogP contribution in [-0.2, 0) is 11.3 Å². The van der Waals surface area contributed by atoms with Gasteiger partial charge >= 0.3 is 0 Å². The summed E-state index contributed by atoms with van der Waals surface area (Å²) in [5.74, 6) is 0.451. The predicted molar refractivity (Wildman–Crippen MR) is 76.9 cm³/mol. The second kappa shape index (κ2) is 7.08. The molecule has 0 spiro atoms. The smallest absolute Gasteiger partial charge is 0.182 e. The minimum Gasteiger partial charge on any atom is -0.483 e. The average molecular weight is 272 g/mol. The van der Waals surface area contributed by atoms with Gasteiger partial charge in [0, 0.05) is 6.54 Å². The highest BCUT2D eigenvalue weighted by molar-refractivity contribution is 5.83. The molecule has 2 rings (SSSR count). The summed E-state index contributed by atoms with van der Waals surface area (Å²) >= 11 is 0. The first kappa shape index (κ1) is 13.8. The standard InChI is InChI=1S/C14H16N4O2/c1-2-20-11-16-14-13(8-17-19)18(10-15-14)9-12-6-4-3-5-7-12/h3-8,10-11,19H,2,9H2,1H3/b16-11+,17-8+. The third kappa shape index (κ3) is 3.44. The summed E-state index contributed by atoms with van der Waals surface area (Å²) in [7, 11) is 0. The summed E-state index contributed by atoms with van der Waals surface area (Å²) in [6.07, 6.45) is 4.31. The number of hydrogen-bond donors (Lipinski definition) is 1. The van der Waals surface area contributed by atoms with Gasteiger partial charge in [-0.15, -0.1) is 0 Å². The van der Waals surface area contributed by atoms with Crippen LogP contribution in [0.25, 0.3) is 0 Å². The highest BCUT2D eigenvalue weighted by Crippen LogP contribution is 2.16. The Kier molecular flexibility index (Phi) is 4.88. The van der Waals surface area contributed by atoms with Gasteiger partial charge in [0.05, 0.1) is 19.1 Å². The van der Waals surface area contributed by atoms with Crippen molar-refractivity contribution in [1.82, 2.24) is 9.55 Å². The van der Waals surface area contributed by atoms with Crippen molar-refractivity contribution in [1.29, 1.82) is 0 Å². The van der Waals surface area contributed by atoms with Gasteiger partial charge in [0.1, 0.15) is 5.69 Å². The SMILES string of the molecule is CCO/C=N/c1ncn(Cc2ccccc2)c1/C=N/O. The van der Waals surface area contributed by atoms with E-state index in [2.05, 4.69) is 15.1 Å². The summed E-state index contributed by atoms with van der Waals surface area (Å²) in [6, 6.07) is 9.94. The van der Waals surface area contributed by atoms with Crippen LogP contribution in [0.1, 0.15) is 18.2 Å². The molecule has 0 aliphatic heterocycles. The summed E-state index contributed by atoms with van der Waals surface area (Å²) in [5.41, 5.74) is 1.74. The number of hydrogen-bond acceptors (Lipinski definition) is 5. The number of benzene rings is 1. The van der Waals surface area contributed by atoms with Crippen LogP contribution in [0.15, 0.2) is 46.8 Å². The first-order valence-corrected chi connectivity index (χ1v) is 6.25. The minimum atomic E-state index is 0.451. The molecule has 0 unspecified atom stereocenters. The van der Waals surface area contributed by atoms with Gasteiger partial charge in [-0.25, -0.2) is 4.98 Å². The third-order valence-corrected chi connectivity index (χ3v) is 2.65. The quantitative estimate of drug-likeness (QED) is 0.380. The van der Waals surface area contributed by atoms with Crippen molar-refractivity contribution < 1.29 is 9.94 Å². The van der Waals surface area contributed by atoms with Crippen molar-refractivity contribution in [3.8, 4) is 0 Å². The lowest BCUT2D eigenvalue weighted by Gasteiger charge is -2.04. The Morgan fingerprint density at radius 3 is 2.85 bits per heavy atom. The third-order valence-electron chi connectivity index (χ3n) is 2.65. The maximum Gasteiger partial charge on any atom is 0.182 e. The average Bonchev–Trinajstić information content (AvgIpc) is 2.84. The molecule has 1 aromatic carbocycles. The van der Waals surface area contributed by atoms with Gasteiger partial charge in [0.25, 0.3) is 0 Å².